The van der Waals surface area contributed by atoms with Gasteiger partial charge in [-0.25, -0.2) is 23.4 Å². The van der Waals surface area contributed by atoms with E-state index < -0.39 is 10.0 Å². The monoisotopic (exact) mass is 454 g/mol. The quantitative estimate of drug-likeness (QED) is 0.583. The van der Waals surface area contributed by atoms with Crippen molar-refractivity contribution < 1.29 is 13.2 Å². The highest BCUT2D eigenvalue weighted by atomic mass is 32.2. The molecular formula is C22H26N6O3S. The lowest BCUT2D eigenvalue weighted by molar-refractivity contribution is 0.326. The minimum Gasteiger partial charge on any atom is -0.493 e. The van der Waals surface area contributed by atoms with Crippen LogP contribution in [0, 0.1) is 6.92 Å². The van der Waals surface area contributed by atoms with Crippen LogP contribution >= 0.6 is 0 Å². The molecule has 3 aromatic rings. The van der Waals surface area contributed by atoms with Crippen molar-refractivity contribution in [2.75, 3.05) is 31.2 Å². The van der Waals surface area contributed by atoms with Crippen molar-refractivity contribution in [2.45, 2.75) is 30.7 Å². The third-order valence-electron chi connectivity index (χ3n) is 5.44. The van der Waals surface area contributed by atoms with E-state index in [4.69, 9.17) is 10.5 Å². The summed E-state index contributed by atoms with van der Waals surface area (Å²) in [6, 6.07) is 10.3. The van der Waals surface area contributed by atoms with E-state index in [0.29, 0.717) is 30.6 Å². The van der Waals surface area contributed by atoms with Gasteiger partial charge in [-0.05, 0) is 49.6 Å². The van der Waals surface area contributed by atoms with Crippen molar-refractivity contribution in [1.29, 1.82) is 0 Å². The maximum Gasteiger partial charge on any atom is 0.243 e. The zero-order chi connectivity index (χ0) is 22.7. The first-order chi connectivity index (χ1) is 15.4. The highest BCUT2D eigenvalue weighted by Crippen LogP contribution is 2.29. The molecular weight excluding hydrogens is 428 g/mol. The molecule has 3 N–H and O–H groups in total. The Balaban J connectivity index is 1.50. The van der Waals surface area contributed by atoms with E-state index in [0.717, 1.165) is 29.7 Å². The van der Waals surface area contributed by atoms with E-state index in [1.54, 1.807) is 42.7 Å². The lowest BCUT2D eigenvalue weighted by Gasteiger charge is -2.32. The average molecular weight is 455 g/mol. The lowest BCUT2D eigenvalue weighted by atomic mass is 10.1. The molecule has 0 radical (unpaired) electrons. The zero-order valence-corrected chi connectivity index (χ0v) is 18.8. The molecule has 3 heterocycles. The van der Waals surface area contributed by atoms with E-state index in [9.17, 15) is 8.42 Å². The van der Waals surface area contributed by atoms with Crippen LogP contribution in [0.25, 0.3) is 11.1 Å². The Labute approximate surface area is 187 Å². The SMILES string of the molecule is COc1cc(-c2ccc(S(=O)(=O)N3CCCC(Nc4nccc(C)n4)C3)cc2)cnc1N. The number of methoxy groups -OCH3 is 1. The molecule has 168 valence electrons. The maximum atomic E-state index is 13.3. The third kappa shape index (κ3) is 4.66. The number of aryl methyl sites for hydroxylation is 1. The maximum absolute atomic E-state index is 13.3. The molecule has 4 rings (SSSR count). The second kappa shape index (κ2) is 9.09. The van der Waals surface area contributed by atoms with Crippen LogP contribution in [0.4, 0.5) is 11.8 Å². The van der Waals surface area contributed by atoms with Crippen LogP contribution in [-0.2, 0) is 10.0 Å². The van der Waals surface area contributed by atoms with E-state index in [1.165, 1.54) is 11.4 Å². The Hall–Kier alpha value is -3.24. The van der Waals surface area contributed by atoms with Gasteiger partial charge in [0.25, 0.3) is 0 Å². The summed E-state index contributed by atoms with van der Waals surface area (Å²) in [6.45, 7) is 2.74. The van der Waals surface area contributed by atoms with Crippen LogP contribution in [0.5, 0.6) is 5.75 Å². The molecule has 32 heavy (non-hydrogen) atoms. The highest BCUT2D eigenvalue weighted by Gasteiger charge is 2.30. The van der Waals surface area contributed by atoms with Gasteiger partial charge in [0.2, 0.25) is 16.0 Å². The normalized spacial score (nSPS) is 17.1. The Morgan fingerprint density at radius 1 is 1.16 bits per heavy atom. The van der Waals surface area contributed by atoms with Crippen LogP contribution in [0.2, 0.25) is 0 Å². The van der Waals surface area contributed by atoms with Crippen molar-refractivity contribution in [3.05, 3.63) is 54.5 Å². The fourth-order valence-electron chi connectivity index (χ4n) is 3.72. The largest absolute Gasteiger partial charge is 0.493 e. The number of hydrogen-bond acceptors (Lipinski definition) is 8. The summed E-state index contributed by atoms with van der Waals surface area (Å²) in [4.78, 5) is 13.0. The number of piperidine rings is 1. The number of hydrogen-bond donors (Lipinski definition) is 2. The highest BCUT2D eigenvalue weighted by molar-refractivity contribution is 7.89. The minimum atomic E-state index is -3.62. The van der Waals surface area contributed by atoms with Crippen molar-refractivity contribution in [1.82, 2.24) is 19.3 Å². The molecule has 0 spiro atoms. The van der Waals surface area contributed by atoms with Gasteiger partial charge in [-0.15, -0.1) is 0 Å². The van der Waals surface area contributed by atoms with Gasteiger partial charge in [-0.2, -0.15) is 4.31 Å². The number of nitrogen functional groups attached to an aromatic ring is 1. The standard InChI is InChI=1S/C22H26N6O3S/c1-15-9-10-24-22(26-15)27-18-4-3-11-28(14-18)32(29,30)19-7-5-16(6-8-19)17-12-20(31-2)21(23)25-13-17/h5-10,12-13,18H,3-4,11,14H2,1-2H3,(H2,23,25)(H,24,26,27). The van der Waals surface area contributed by atoms with E-state index in [2.05, 4.69) is 20.3 Å². The summed E-state index contributed by atoms with van der Waals surface area (Å²) in [5.74, 6) is 1.30. The number of nitrogens with two attached hydrogens (primary N) is 1. The number of anilines is 2. The van der Waals surface area contributed by atoms with Gasteiger partial charge in [0, 0.05) is 42.8 Å². The molecule has 1 fully saturated rings. The number of nitrogens with one attached hydrogen (secondary N) is 1. The van der Waals surface area contributed by atoms with Gasteiger partial charge in [0.05, 0.1) is 12.0 Å². The van der Waals surface area contributed by atoms with Gasteiger partial charge in [0.1, 0.15) is 0 Å². The number of aromatic nitrogens is 3. The number of nitrogens with zero attached hydrogens (tertiary/aromatic N) is 4. The van der Waals surface area contributed by atoms with Crippen LogP contribution < -0.4 is 15.8 Å². The molecule has 1 saturated heterocycles. The molecule has 1 aliphatic heterocycles. The van der Waals surface area contributed by atoms with Crippen LogP contribution in [0.3, 0.4) is 0 Å². The lowest BCUT2D eigenvalue weighted by Crippen LogP contribution is -2.45. The van der Waals surface area contributed by atoms with Gasteiger partial charge in [-0.1, -0.05) is 12.1 Å². The summed E-state index contributed by atoms with van der Waals surface area (Å²) < 4.78 is 33.2. The minimum absolute atomic E-state index is 0.0482. The van der Waals surface area contributed by atoms with Gasteiger partial charge < -0.3 is 15.8 Å². The Bertz CT molecular complexity index is 1200. The Morgan fingerprint density at radius 3 is 2.66 bits per heavy atom. The fraction of sp³-hybridized carbons (Fsp3) is 0.318. The smallest absolute Gasteiger partial charge is 0.243 e. The molecule has 1 unspecified atom stereocenters. The topological polar surface area (TPSA) is 123 Å². The number of benzene rings is 1. The molecule has 9 nitrogen and oxygen atoms in total. The third-order valence-corrected chi connectivity index (χ3v) is 7.32. The summed E-state index contributed by atoms with van der Waals surface area (Å²) in [6.07, 6.45) is 4.94. The second-order valence-corrected chi connectivity index (χ2v) is 9.64. The van der Waals surface area contributed by atoms with E-state index in [-0.39, 0.29) is 10.9 Å². The summed E-state index contributed by atoms with van der Waals surface area (Å²) in [5.41, 5.74) is 8.25. The second-order valence-electron chi connectivity index (χ2n) is 7.70. The fourth-order valence-corrected chi connectivity index (χ4v) is 5.25. The first-order valence-electron chi connectivity index (χ1n) is 10.3. The zero-order valence-electron chi connectivity index (χ0n) is 18.0. The molecule has 0 saturated carbocycles. The first-order valence-corrected chi connectivity index (χ1v) is 11.8. The molecule has 2 aromatic heterocycles. The van der Waals surface area contributed by atoms with Crippen molar-refractivity contribution in [2.24, 2.45) is 0 Å². The van der Waals surface area contributed by atoms with Crippen molar-refractivity contribution in [3.63, 3.8) is 0 Å². The summed E-state index contributed by atoms with van der Waals surface area (Å²) in [5, 5.41) is 3.26. The molecule has 1 aromatic carbocycles. The van der Waals surface area contributed by atoms with Crippen LogP contribution in [0.15, 0.2) is 53.7 Å². The van der Waals surface area contributed by atoms with Crippen molar-refractivity contribution in [3.8, 4) is 16.9 Å². The van der Waals surface area contributed by atoms with Gasteiger partial charge in [-0.3, -0.25) is 0 Å². The first kappa shape index (κ1) is 22.0. The summed E-state index contributed by atoms with van der Waals surface area (Å²) >= 11 is 0. The van der Waals surface area contributed by atoms with Gasteiger partial charge >= 0.3 is 0 Å². The number of sulfonamides is 1. The van der Waals surface area contributed by atoms with E-state index in [1.807, 2.05) is 13.0 Å². The molecule has 1 atom stereocenters. The van der Waals surface area contributed by atoms with Crippen LogP contribution in [0.1, 0.15) is 18.5 Å². The summed E-state index contributed by atoms with van der Waals surface area (Å²) in [7, 11) is -2.10. The average Bonchev–Trinajstić information content (AvgIpc) is 2.80. The predicted octanol–water partition coefficient (Wildman–Crippen LogP) is 2.70. The molecule has 0 aliphatic carbocycles. The van der Waals surface area contributed by atoms with Gasteiger partial charge in [0.15, 0.2) is 11.6 Å². The number of ether oxygens (including phenoxy) is 1. The molecule has 10 heteroatoms. The Kier molecular flexibility index (Phi) is 6.24. The Morgan fingerprint density at radius 2 is 1.94 bits per heavy atom. The van der Waals surface area contributed by atoms with Crippen molar-refractivity contribution >= 4 is 21.8 Å². The van der Waals surface area contributed by atoms with Crippen LogP contribution in [-0.4, -0.2) is 53.9 Å². The molecule has 0 bridgehead atoms. The predicted molar refractivity (Wildman–Crippen MR) is 123 cm³/mol. The van der Waals surface area contributed by atoms with E-state index >= 15 is 0 Å². The number of pyridine rings is 1. The molecule has 0 amide bonds. The molecule has 1 aliphatic rings. The number of rotatable bonds is 6.